The number of nitrogens with zero attached hydrogens (tertiary/aromatic N) is 2. The largest absolute Gasteiger partial charge is 0.493 e. The van der Waals surface area contributed by atoms with E-state index in [9.17, 15) is 4.79 Å². The van der Waals surface area contributed by atoms with Crippen molar-refractivity contribution in [3.05, 3.63) is 11.9 Å². The zero-order valence-electron chi connectivity index (χ0n) is 11.8. The molecule has 0 radical (unpaired) electrons. The number of carbonyl (C=O) groups is 1. The number of methoxy groups -OCH3 is 1. The van der Waals surface area contributed by atoms with Crippen LogP contribution in [0.25, 0.3) is 0 Å². The van der Waals surface area contributed by atoms with Crippen molar-refractivity contribution < 1.29 is 9.53 Å². The van der Waals surface area contributed by atoms with Gasteiger partial charge in [0, 0.05) is 11.3 Å². The summed E-state index contributed by atoms with van der Waals surface area (Å²) >= 11 is 1.68. The molecule has 0 aromatic carbocycles. The molecule has 0 aliphatic rings. The van der Waals surface area contributed by atoms with Gasteiger partial charge in [0.15, 0.2) is 11.5 Å². The van der Waals surface area contributed by atoms with Gasteiger partial charge in [-0.25, -0.2) is 0 Å². The molecule has 1 heterocycles. The van der Waals surface area contributed by atoms with Crippen molar-refractivity contribution in [2.45, 2.75) is 45.4 Å². The molecule has 0 saturated heterocycles. The van der Waals surface area contributed by atoms with Crippen LogP contribution in [0.1, 0.15) is 50.6 Å². The third-order valence-electron chi connectivity index (χ3n) is 2.81. The van der Waals surface area contributed by atoms with E-state index in [-0.39, 0.29) is 11.8 Å². The first kappa shape index (κ1) is 15.1. The molecule has 1 atom stereocenters. The SMILES string of the molecule is CCC(C)SCC(=O)c1c(OC)cnn1C(C)C. The van der Waals surface area contributed by atoms with Crippen molar-refractivity contribution >= 4 is 17.5 Å². The smallest absolute Gasteiger partial charge is 0.194 e. The van der Waals surface area contributed by atoms with Gasteiger partial charge in [0.2, 0.25) is 0 Å². The third kappa shape index (κ3) is 3.51. The number of hydrogen-bond donors (Lipinski definition) is 0. The fraction of sp³-hybridized carbons (Fsp3) is 0.692. The number of aromatic nitrogens is 2. The third-order valence-corrected chi connectivity index (χ3v) is 4.14. The summed E-state index contributed by atoms with van der Waals surface area (Å²) in [7, 11) is 1.57. The van der Waals surface area contributed by atoms with Gasteiger partial charge in [-0.1, -0.05) is 13.8 Å². The Labute approximate surface area is 113 Å². The second-order valence-corrected chi connectivity index (χ2v) is 5.98. The molecule has 0 amide bonds. The molecule has 0 fully saturated rings. The summed E-state index contributed by atoms with van der Waals surface area (Å²) in [6.07, 6.45) is 2.68. The van der Waals surface area contributed by atoms with Gasteiger partial charge in [0.1, 0.15) is 5.69 Å². The van der Waals surface area contributed by atoms with Gasteiger partial charge in [-0.15, -0.1) is 0 Å². The highest BCUT2D eigenvalue weighted by atomic mass is 32.2. The van der Waals surface area contributed by atoms with E-state index >= 15 is 0 Å². The van der Waals surface area contributed by atoms with Crippen LogP contribution in [0.15, 0.2) is 6.20 Å². The zero-order chi connectivity index (χ0) is 13.7. The Hall–Kier alpha value is -0.970. The van der Waals surface area contributed by atoms with Crippen LogP contribution in [0.5, 0.6) is 5.75 Å². The molecular weight excluding hydrogens is 248 g/mol. The predicted molar refractivity (Wildman–Crippen MR) is 75.7 cm³/mol. The first-order chi connectivity index (χ1) is 8.51. The molecule has 1 rings (SSSR count). The fourth-order valence-electron chi connectivity index (χ4n) is 1.56. The van der Waals surface area contributed by atoms with Crippen LogP contribution in [-0.4, -0.2) is 33.7 Å². The molecule has 0 saturated carbocycles. The van der Waals surface area contributed by atoms with Crippen LogP contribution >= 0.6 is 11.8 Å². The second-order valence-electron chi connectivity index (χ2n) is 4.55. The number of Topliss-reactive ketones (excluding diaryl/α,β-unsaturated/α-hetero) is 1. The van der Waals surface area contributed by atoms with E-state index in [1.807, 2.05) is 13.8 Å². The van der Waals surface area contributed by atoms with Crippen molar-refractivity contribution in [1.29, 1.82) is 0 Å². The summed E-state index contributed by atoms with van der Waals surface area (Å²) in [5.41, 5.74) is 0.586. The lowest BCUT2D eigenvalue weighted by molar-refractivity contribution is 0.100. The van der Waals surface area contributed by atoms with Gasteiger partial charge in [0.25, 0.3) is 0 Å². The van der Waals surface area contributed by atoms with E-state index in [4.69, 9.17) is 4.74 Å². The van der Waals surface area contributed by atoms with Gasteiger partial charge < -0.3 is 4.74 Å². The quantitative estimate of drug-likeness (QED) is 0.714. The molecule has 0 bridgehead atoms. The Bertz CT molecular complexity index is 402. The van der Waals surface area contributed by atoms with Crippen LogP contribution in [-0.2, 0) is 0 Å². The van der Waals surface area contributed by atoms with Crippen LogP contribution in [0.3, 0.4) is 0 Å². The number of thioether (sulfide) groups is 1. The van der Waals surface area contributed by atoms with Crippen molar-refractivity contribution in [2.75, 3.05) is 12.9 Å². The minimum Gasteiger partial charge on any atom is -0.493 e. The van der Waals surface area contributed by atoms with Crippen molar-refractivity contribution in [2.24, 2.45) is 0 Å². The highest BCUT2D eigenvalue weighted by Gasteiger charge is 2.21. The zero-order valence-corrected chi connectivity index (χ0v) is 12.6. The lowest BCUT2D eigenvalue weighted by Crippen LogP contribution is -2.16. The number of ketones is 1. The predicted octanol–water partition coefficient (Wildman–Crippen LogP) is 3.19. The standard InChI is InChI=1S/C13H22N2O2S/c1-6-10(4)18-8-11(16)13-12(17-5)7-14-15(13)9(2)3/h7,9-10H,6,8H2,1-5H3. The second kappa shape index (κ2) is 6.83. The Morgan fingerprint density at radius 2 is 2.17 bits per heavy atom. The van der Waals surface area contributed by atoms with Gasteiger partial charge >= 0.3 is 0 Å². The number of rotatable bonds is 7. The molecule has 0 aliphatic heterocycles. The molecule has 0 N–H and O–H groups in total. The Balaban J connectivity index is 2.86. The van der Waals surface area contributed by atoms with Crippen LogP contribution in [0.2, 0.25) is 0 Å². The molecule has 1 unspecified atom stereocenters. The molecule has 102 valence electrons. The summed E-state index contributed by atoms with van der Waals surface area (Å²) in [6.45, 7) is 8.27. The number of ether oxygens (including phenoxy) is 1. The molecule has 18 heavy (non-hydrogen) atoms. The first-order valence-corrected chi connectivity index (χ1v) is 7.32. The average Bonchev–Trinajstić information content (AvgIpc) is 2.79. The Morgan fingerprint density at radius 3 is 2.67 bits per heavy atom. The number of hydrogen-bond acceptors (Lipinski definition) is 4. The van der Waals surface area contributed by atoms with E-state index < -0.39 is 0 Å². The maximum Gasteiger partial charge on any atom is 0.194 e. The van der Waals surface area contributed by atoms with Crippen molar-refractivity contribution in [1.82, 2.24) is 9.78 Å². The molecule has 0 aliphatic carbocycles. The van der Waals surface area contributed by atoms with Gasteiger partial charge in [0.05, 0.1) is 19.1 Å². The fourth-order valence-corrected chi connectivity index (χ4v) is 2.36. The van der Waals surface area contributed by atoms with E-state index in [1.54, 1.807) is 29.8 Å². The van der Waals surface area contributed by atoms with Crippen molar-refractivity contribution in [3.63, 3.8) is 0 Å². The average molecular weight is 270 g/mol. The summed E-state index contributed by atoms with van der Waals surface area (Å²) in [4.78, 5) is 12.3. The lowest BCUT2D eigenvalue weighted by atomic mass is 10.2. The summed E-state index contributed by atoms with van der Waals surface area (Å²) in [5.74, 6) is 1.13. The summed E-state index contributed by atoms with van der Waals surface area (Å²) < 4.78 is 6.95. The van der Waals surface area contributed by atoms with Crippen LogP contribution in [0, 0.1) is 0 Å². The highest BCUT2D eigenvalue weighted by Crippen LogP contribution is 2.24. The molecule has 4 nitrogen and oxygen atoms in total. The molecule has 5 heteroatoms. The number of carbonyl (C=O) groups excluding carboxylic acids is 1. The molecule has 0 spiro atoms. The van der Waals surface area contributed by atoms with E-state index in [1.165, 1.54) is 0 Å². The summed E-state index contributed by atoms with van der Waals surface area (Å²) in [5, 5.41) is 4.71. The van der Waals surface area contributed by atoms with E-state index in [0.29, 0.717) is 22.4 Å². The Kier molecular flexibility index (Phi) is 5.72. The molecular formula is C13H22N2O2S. The minimum absolute atomic E-state index is 0.0864. The van der Waals surface area contributed by atoms with Crippen LogP contribution < -0.4 is 4.74 Å². The van der Waals surface area contributed by atoms with Gasteiger partial charge in [-0.05, 0) is 20.3 Å². The minimum atomic E-state index is 0.0864. The monoisotopic (exact) mass is 270 g/mol. The van der Waals surface area contributed by atoms with Crippen molar-refractivity contribution in [3.8, 4) is 5.75 Å². The maximum atomic E-state index is 12.3. The van der Waals surface area contributed by atoms with Gasteiger partial charge in [-0.2, -0.15) is 16.9 Å². The normalized spacial score (nSPS) is 12.8. The maximum absolute atomic E-state index is 12.3. The molecule has 1 aromatic rings. The lowest BCUT2D eigenvalue weighted by Gasteiger charge is -2.12. The van der Waals surface area contributed by atoms with Gasteiger partial charge in [-0.3, -0.25) is 9.48 Å². The van der Waals surface area contributed by atoms with E-state index in [2.05, 4.69) is 18.9 Å². The highest BCUT2D eigenvalue weighted by molar-refractivity contribution is 8.00. The molecule has 1 aromatic heterocycles. The first-order valence-electron chi connectivity index (χ1n) is 6.27. The Morgan fingerprint density at radius 1 is 1.50 bits per heavy atom. The van der Waals surface area contributed by atoms with E-state index in [0.717, 1.165) is 6.42 Å². The summed E-state index contributed by atoms with van der Waals surface area (Å²) in [6, 6.07) is 0.154. The topological polar surface area (TPSA) is 44.1 Å². The van der Waals surface area contributed by atoms with Crippen LogP contribution in [0.4, 0.5) is 0 Å².